The van der Waals surface area contributed by atoms with Crippen LogP contribution >= 0.6 is 0 Å². The molecular weight excluding hydrogens is 410 g/mol. The standard InChI is InChI=1S/C25H28F2N4O/c26-22-6-5-18(13-23(22)27)14-25(32)29-16-19-7-10-31(17-19)21-8-11-30(12-9-21)24-4-2-1-3-20(24)15-28/h1-6,13,19,21H,7-12,14,16-17H2,(H,29,32). The van der Waals surface area contributed by atoms with Crippen LogP contribution in [0.3, 0.4) is 0 Å². The number of piperidine rings is 1. The van der Waals surface area contributed by atoms with Gasteiger partial charge in [-0.05, 0) is 61.6 Å². The summed E-state index contributed by atoms with van der Waals surface area (Å²) in [5, 5.41) is 12.3. The number of para-hydroxylation sites is 1. The van der Waals surface area contributed by atoms with Crippen molar-refractivity contribution in [3.63, 3.8) is 0 Å². The topological polar surface area (TPSA) is 59.4 Å². The van der Waals surface area contributed by atoms with Crippen molar-refractivity contribution in [2.75, 3.05) is 37.6 Å². The van der Waals surface area contributed by atoms with Crippen LogP contribution in [0.5, 0.6) is 0 Å². The summed E-state index contributed by atoms with van der Waals surface area (Å²) in [5.41, 5.74) is 2.22. The van der Waals surface area contributed by atoms with Crippen LogP contribution in [-0.4, -0.2) is 49.6 Å². The number of amides is 1. The summed E-state index contributed by atoms with van der Waals surface area (Å²) in [5.74, 6) is -1.59. The second-order valence-corrected chi connectivity index (χ2v) is 8.73. The van der Waals surface area contributed by atoms with Gasteiger partial charge in [0.2, 0.25) is 5.91 Å². The van der Waals surface area contributed by atoms with E-state index in [0.29, 0.717) is 24.1 Å². The molecule has 0 spiro atoms. The molecule has 32 heavy (non-hydrogen) atoms. The van der Waals surface area contributed by atoms with E-state index in [1.807, 2.05) is 24.3 Å². The zero-order valence-corrected chi connectivity index (χ0v) is 18.1. The SMILES string of the molecule is N#Cc1ccccc1N1CCC(N2CCC(CNC(=O)Cc3ccc(F)c(F)c3)C2)CC1. The van der Waals surface area contributed by atoms with Gasteiger partial charge in [-0.3, -0.25) is 9.69 Å². The molecule has 2 saturated heterocycles. The predicted molar refractivity (Wildman–Crippen MR) is 119 cm³/mol. The van der Waals surface area contributed by atoms with E-state index >= 15 is 0 Å². The monoisotopic (exact) mass is 438 g/mol. The number of hydrogen-bond donors (Lipinski definition) is 1. The van der Waals surface area contributed by atoms with E-state index in [2.05, 4.69) is 21.2 Å². The number of nitrogens with one attached hydrogen (secondary N) is 1. The molecule has 2 aliphatic rings. The molecule has 1 unspecified atom stereocenters. The van der Waals surface area contributed by atoms with Crippen molar-refractivity contribution in [1.29, 1.82) is 5.26 Å². The van der Waals surface area contributed by atoms with Crippen LogP contribution in [0.4, 0.5) is 14.5 Å². The second kappa shape index (κ2) is 10.1. The van der Waals surface area contributed by atoms with Gasteiger partial charge in [0.1, 0.15) is 6.07 Å². The smallest absolute Gasteiger partial charge is 0.224 e. The first kappa shape index (κ1) is 22.2. The molecule has 0 saturated carbocycles. The highest BCUT2D eigenvalue weighted by molar-refractivity contribution is 5.78. The molecule has 0 aromatic heterocycles. The molecule has 2 fully saturated rings. The molecule has 2 aliphatic heterocycles. The number of nitrogens with zero attached hydrogens (tertiary/aromatic N) is 3. The fraction of sp³-hybridized carbons (Fsp3) is 0.440. The van der Waals surface area contributed by atoms with Crippen molar-refractivity contribution in [2.24, 2.45) is 5.92 Å². The first-order chi connectivity index (χ1) is 15.5. The van der Waals surface area contributed by atoms with Gasteiger partial charge in [-0.15, -0.1) is 0 Å². The Morgan fingerprint density at radius 3 is 2.59 bits per heavy atom. The van der Waals surface area contributed by atoms with Crippen molar-refractivity contribution in [3.05, 3.63) is 65.2 Å². The Balaban J connectivity index is 1.21. The van der Waals surface area contributed by atoms with Gasteiger partial charge in [0.25, 0.3) is 0 Å². The fourth-order valence-corrected chi connectivity index (χ4v) is 4.83. The summed E-state index contributed by atoms with van der Waals surface area (Å²) in [7, 11) is 0. The van der Waals surface area contributed by atoms with Crippen LogP contribution in [0.2, 0.25) is 0 Å². The number of benzene rings is 2. The van der Waals surface area contributed by atoms with Crippen LogP contribution in [0.25, 0.3) is 0 Å². The summed E-state index contributed by atoms with van der Waals surface area (Å²) < 4.78 is 26.3. The first-order valence-corrected chi connectivity index (χ1v) is 11.2. The molecule has 0 radical (unpaired) electrons. The van der Waals surface area contributed by atoms with Crippen molar-refractivity contribution in [1.82, 2.24) is 10.2 Å². The Morgan fingerprint density at radius 1 is 1.06 bits per heavy atom. The molecule has 2 aromatic rings. The van der Waals surface area contributed by atoms with Gasteiger partial charge in [-0.1, -0.05) is 18.2 Å². The number of carbonyl (C=O) groups excluding carboxylic acids is 1. The Kier molecular flexibility index (Phi) is 7.01. The molecule has 4 rings (SSSR count). The Bertz CT molecular complexity index is 998. The highest BCUT2D eigenvalue weighted by Gasteiger charge is 2.31. The molecule has 168 valence electrons. The molecule has 1 N–H and O–H groups in total. The third kappa shape index (κ3) is 5.25. The minimum absolute atomic E-state index is 0.0519. The van der Waals surface area contributed by atoms with Crippen LogP contribution in [-0.2, 0) is 11.2 Å². The lowest BCUT2D eigenvalue weighted by molar-refractivity contribution is -0.120. The van der Waals surface area contributed by atoms with Crippen LogP contribution in [0.1, 0.15) is 30.4 Å². The highest BCUT2D eigenvalue weighted by atomic mass is 19.2. The number of anilines is 1. The molecule has 0 aliphatic carbocycles. The average molecular weight is 439 g/mol. The van der Waals surface area contributed by atoms with E-state index in [1.54, 1.807) is 0 Å². The maximum atomic E-state index is 13.3. The highest BCUT2D eigenvalue weighted by Crippen LogP contribution is 2.28. The van der Waals surface area contributed by atoms with Crippen LogP contribution in [0, 0.1) is 28.9 Å². The molecule has 1 amide bonds. The Labute approximate surface area is 187 Å². The minimum Gasteiger partial charge on any atom is -0.370 e. The molecule has 2 aromatic carbocycles. The molecule has 1 atom stereocenters. The van der Waals surface area contributed by atoms with Gasteiger partial charge in [0.15, 0.2) is 11.6 Å². The van der Waals surface area contributed by atoms with E-state index in [0.717, 1.165) is 68.8 Å². The molecule has 0 bridgehead atoms. The number of carbonyl (C=O) groups is 1. The summed E-state index contributed by atoms with van der Waals surface area (Å²) in [6, 6.07) is 14.2. The lowest BCUT2D eigenvalue weighted by Crippen LogP contribution is -2.44. The Morgan fingerprint density at radius 2 is 1.84 bits per heavy atom. The number of nitriles is 1. The van der Waals surface area contributed by atoms with Crippen LogP contribution in [0.15, 0.2) is 42.5 Å². The summed E-state index contributed by atoms with van der Waals surface area (Å²) >= 11 is 0. The molecule has 5 nitrogen and oxygen atoms in total. The minimum atomic E-state index is -0.927. The number of likely N-dealkylation sites (tertiary alicyclic amines) is 1. The van der Waals surface area contributed by atoms with Crippen molar-refractivity contribution >= 4 is 11.6 Å². The number of rotatable bonds is 6. The van der Waals surface area contributed by atoms with Crippen molar-refractivity contribution in [3.8, 4) is 6.07 Å². The van der Waals surface area contributed by atoms with E-state index in [4.69, 9.17) is 0 Å². The maximum Gasteiger partial charge on any atom is 0.224 e. The van der Waals surface area contributed by atoms with Crippen molar-refractivity contribution < 1.29 is 13.6 Å². The molecular formula is C25H28F2N4O. The lowest BCUT2D eigenvalue weighted by Gasteiger charge is -2.38. The van der Waals surface area contributed by atoms with Gasteiger partial charge in [0.05, 0.1) is 17.7 Å². The Hall–Kier alpha value is -2.98. The third-order valence-corrected chi connectivity index (χ3v) is 6.60. The van der Waals surface area contributed by atoms with E-state index in [9.17, 15) is 18.8 Å². The zero-order chi connectivity index (χ0) is 22.5. The lowest BCUT2D eigenvalue weighted by atomic mass is 10.0. The molecule has 7 heteroatoms. The van der Waals surface area contributed by atoms with E-state index in [-0.39, 0.29) is 12.3 Å². The van der Waals surface area contributed by atoms with Gasteiger partial charge in [-0.25, -0.2) is 8.78 Å². The van der Waals surface area contributed by atoms with E-state index in [1.165, 1.54) is 6.07 Å². The van der Waals surface area contributed by atoms with Gasteiger partial charge in [0, 0.05) is 32.2 Å². The van der Waals surface area contributed by atoms with Gasteiger partial charge in [-0.2, -0.15) is 5.26 Å². The zero-order valence-electron chi connectivity index (χ0n) is 18.1. The van der Waals surface area contributed by atoms with E-state index < -0.39 is 11.6 Å². The normalized spacial score (nSPS) is 19.7. The number of halogens is 2. The molecule has 2 heterocycles. The third-order valence-electron chi connectivity index (χ3n) is 6.60. The summed E-state index contributed by atoms with van der Waals surface area (Å²) in [6.45, 7) is 4.48. The van der Waals surface area contributed by atoms with Gasteiger partial charge < -0.3 is 10.2 Å². The summed E-state index contributed by atoms with van der Waals surface area (Å²) in [6.07, 6.45) is 3.23. The summed E-state index contributed by atoms with van der Waals surface area (Å²) in [4.78, 5) is 17.0. The second-order valence-electron chi connectivity index (χ2n) is 8.73. The van der Waals surface area contributed by atoms with Crippen LogP contribution < -0.4 is 10.2 Å². The maximum absolute atomic E-state index is 13.3. The van der Waals surface area contributed by atoms with Gasteiger partial charge >= 0.3 is 0 Å². The average Bonchev–Trinajstić information content (AvgIpc) is 3.29. The number of hydrogen-bond acceptors (Lipinski definition) is 4. The van der Waals surface area contributed by atoms with Crippen molar-refractivity contribution in [2.45, 2.75) is 31.7 Å². The fourth-order valence-electron chi connectivity index (χ4n) is 4.83. The first-order valence-electron chi connectivity index (χ1n) is 11.2. The quantitative estimate of drug-likeness (QED) is 0.750. The largest absolute Gasteiger partial charge is 0.370 e. The predicted octanol–water partition coefficient (Wildman–Crippen LogP) is 3.49.